The van der Waals surface area contributed by atoms with E-state index in [2.05, 4.69) is 11.0 Å². The van der Waals surface area contributed by atoms with Gasteiger partial charge in [0.15, 0.2) is 0 Å². The molecule has 0 radical (unpaired) electrons. The number of nitrogens with zero attached hydrogens (tertiary/aromatic N) is 2. The molecule has 0 unspecified atom stereocenters. The van der Waals surface area contributed by atoms with Crippen molar-refractivity contribution < 1.29 is 4.39 Å². The van der Waals surface area contributed by atoms with Crippen molar-refractivity contribution in [1.82, 2.24) is 4.90 Å². The van der Waals surface area contributed by atoms with Crippen LogP contribution in [0.1, 0.15) is 16.7 Å². The highest BCUT2D eigenvalue weighted by atomic mass is 19.1. The van der Waals surface area contributed by atoms with Crippen molar-refractivity contribution in [3.8, 4) is 6.07 Å². The zero-order chi connectivity index (χ0) is 13.7. The second-order valence-electron chi connectivity index (χ2n) is 4.61. The summed E-state index contributed by atoms with van der Waals surface area (Å²) in [5, 5.41) is 8.86. The van der Waals surface area contributed by atoms with Gasteiger partial charge >= 0.3 is 0 Å². The molecule has 2 aromatic carbocycles. The van der Waals surface area contributed by atoms with E-state index < -0.39 is 0 Å². The summed E-state index contributed by atoms with van der Waals surface area (Å²) >= 11 is 0. The first-order chi connectivity index (χ1) is 9.17. The van der Waals surface area contributed by atoms with Gasteiger partial charge in [0, 0.05) is 13.1 Å². The molecule has 0 saturated carbocycles. The van der Waals surface area contributed by atoms with Crippen LogP contribution in [0, 0.1) is 17.1 Å². The summed E-state index contributed by atoms with van der Waals surface area (Å²) in [4.78, 5) is 2.13. The van der Waals surface area contributed by atoms with Crippen molar-refractivity contribution in [1.29, 1.82) is 5.26 Å². The molecule has 0 amide bonds. The zero-order valence-corrected chi connectivity index (χ0v) is 10.8. The van der Waals surface area contributed by atoms with Gasteiger partial charge in [-0.3, -0.25) is 4.90 Å². The van der Waals surface area contributed by atoms with Crippen LogP contribution in [-0.2, 0) is 13.1 Å². The predicted octanol–water partition coefficient (Wildman–Crippen LogP) is 3.33. The summed E-state index contributed by atoms with van der Waals surface area (Å²) in [6.07, 6.45) is 0. The minimum atomic E-state index is -0.215. The number of rotatable bonds is 4. The fourth-order valence-electron chi connectivity index (χ4n) is 2.01. The zero-order valence-electron chi connectivity index (χ0n) is 10.8. The molecule has 3 heteroatoms. The Kier molecular flexibility index (Phi) is 4.27. The van der Waals surface area contributed by atoms with Gasteiger partial charge in [0.05, 0.1) is 11.6 Å². The number of benzene rings is 2. The molecule has 0 aliphatic carbocycles. The molecule has 0 atom stereocenters. The van der Waals surface area contributed by atoms with E-state index in [4.69, 9.17) is 5.26 Å². The summed E-state index contributed by atoms with van der Waals surface area (Å²) in [7, 11) is 2.00. The minimum Gasteiger partial charge on any atom is -0.298 e. The van der Waals surface area contributed by atoms with Crippen LogP contribution in [0.5, 0.6) is 0 Å². The first kappa shape index (κ1) is 13.3. The van der Waals surface area contributed by atoms with E-state index >= 15 is 0 Å². The first-order valence-electron chi connectivity index (χ1n) is 6.09. The molecule has 0 saturated heterocycles. The van der Waals surface area contributed by atoms with Gasteiger partial charge in [0.2, 0.25) is 0 Å². The van der Waals surface area contributed by atoms with Crippen LogP contribution in [0.2, 0.25) is 0 Å². The maximum atomic E-state index is 12.8. The fraction of sp³-hybridized carbons (Fsp3) is 0.188. The second-order valence-corrected chi connectivity index (χ2v) is 4.61. The molecule has 0 aromatic heterocycles. The van der Waals surface area contributed by atoms with E-state index in [9.17, 15) is 4.39 Å². The van der Waals surface area contributed by atoms with Gasteiger partial charge in [-0.2, -0.15) is 5.26 Å². The molecule has 2 nitrogen and oxygen atoms in total. The minimum absolute atomic E-state index is 0.215. The Morgan fingerprint density at radius 3 is 2.42 bits per heavy atom. The normalized spacial score (nSPS) is 10.4. The summed E-state index contributed by atoms with van der Waals surface area (Å²) < 4.78 is 12.8. The Balaban J connectivity index is 1.99. The molecule has 0 aliphatic rings. The molecule has 0 aliphatic heterocycles. The largest absolute Gasteiger partial charge is 0.298 e. The van der Waals surface area contributed by atoms with Gasteiger partial charge in [-0.15, -0.1) is 0 Å². The molecule has 0 heterocycles. The van der Waals surface area contributed by atoms with Gasteiger partial charge in [-0.05, 0) is 42.4 Å². The van der Waals surface area contributed by atoms with E-state index in [0.717, 1.165) is 24.2 Å². The van der Waals surface area contributed by atoms with E-state index in [1.807, 2.05) is 25.2 Å². The van der Waals surface area contributed by atoms with E-state index in [1.54, 1.807) is 18.2 Å². The Bertz CT molecular complexity index is 584. The fourth-order valence-corrected chi connectivity index (χ4v) is 2.01. The molecule has 0 fully saturated rings. The number of hydrogen-bond donors (Lipinski definition) is 0. The average Bonchev–Trinajstić information content (AvgIpc) is 2.41. The van der Waals surface area contributed by atoms with E-state index in [0.29, 0.717) is 5.56 Å². The van der Waals surface area contributed by atoms with Crippen molar-refractivity contribution in [2.45, 2.75) is 13.1 Å². The lowest BCUT2D eigenvalue weighted by atomic mass is 10.1. The lowest BCUT2D eigenvalue weighted by molar-refractivity contribution is 0.319. The SMILES string of the molecule is CN(Cc1ccc(F)cc1)Cc1cccc(C#N)c1. The predicted molar refractivity (Wildman–Crippen MR) is 72.7 cm³/mol. The maximum Gasteiger partial charge on any atom is 0.123 e. The summed E-state index contributed by atoms with van der Waals surface area (Å²) in [5.74, 6) is -0.215. The molecule has 96 valence electrons. The third-order valence-corrected chi connectivity index (χ3v) is 2.87. The molecule has 0 N–H and O–H groups in total. The van der Waals surface area contributed by atoms with Crippen molar-refractivity contribution in [3.63, 3.8) is 0 Å². The number of halogens is 1. The lowest BCUT2D eigenvalue weighted by Crippen LogP contribution is -2.17. The average molecular weight is 254 g/mol. The van der Waals surface area contributed by atoms with Crippen LogP contribution in [0.15, 0.2) is 48.5 Å². The monoisotopic (exact) mass is 254 g/mol. The van der Waals surface area contributed by atoms with Gasteiger partial charge < -0.3 is 0 Å². The lowest BCUT2D eigenvalue weighted by Gasteiger charge is -2.17. The van der Waals surface area contributed by atoms with Gasteiger partial charge in [-0.1, -0.05) is 24.3 Å². The highest BCUT2D eigenvalue weighted by Crippen LogP contribution is 2.10. The van der Waals surface area contributed by atoms with Crippen LogP contribution in [0.3, 0.4) is 0 Å². The maximum absolute atomic E-state index is 12.8. The third kappa shape index (κ3) is 3.90. The molecule has 19 heavy (non-hydrogen) atoms. The third-order valence-electron chi connectivity index (χ3n) is 2.87. The Labute approximate surface area is 112 Å². The summed E-state index contributed by atoms with van der Waals surface area (Å²) in [5.41, 5.74) is 2.84. The van der Waals surface area contributed by atoms with Gasteiger partial charge in [0.1, 0.15) is 5.82 Å². The smallest absolute Gasteiger partial charge is 0.123 e. The van der Waals surface area contributed by atoms with Gasteiger partial charge in [-0.25, -0.2) is 4.39 Å². The van der Waals surface area contributed by atoms with Crippen LogP contribution in [0.4, 0.5) is 4.39 Å². The second kappa shape index (κ2) is 6.12. The van der Waals surface area contributed by atoms with Crippen LogP contribution in [0.25, 0.3) is 0 Å². The van der Waals surface area contributed by atoms with Crippen LogP contribution < -0.4 is 0 Å². The molecular weight excluding hydrogens is 239 g/mol. The molecule has 0 bridgehead atoms. The summed E-state index contributed by atoms with van der Waals surface area (Å²) in [6, 6.07) is 16.2. The Hall–Kier alpha value is -2.18. The topological polar surface area (TPSA) is 27.0 Å². The number of nitriles is 1. The molecule has 2 rings (SSSR count). The van der Waals surface area contributed by atoms with Crippen molar-refractivity contribution >= 4 is 0 Å². The van der Waals surface area contributed by atoms with E-state index in [-0.39, 0.29) is 5.82 Å². The quantitative estimate of drug-likeness (QED) is 0.836. The first-order valence-corrected chi connectivity index (χ1v) is 6.09. The highest BCUT2D eigenvalue weighted by Gasteiger charge is 2.03. The standard InChI is InChI=1S/C16H15FN2/c1-19(11-13-5-7-16(17)8-6-13)12-15-4-2-3-14(9-15)10-18/h2-9H,11-12H2,1H3. The van der Waals surface area contributed by atoms with Crippen molar-refractivity contribution in [3.05, 3.63) is 71.0 Å². The van der Waals surface area contributed by atoms with Crippen LogP contribution >= 0.6 is 0 Å². The highest BCUT2D eigenvalue weighted by molar-refractivity contribution is 5.32. The molecule has 0 spiro atoms. The molecular formula is C16H15FN2. The Morgan fingerprint density at radius 1 is 1.05 bits per heavy atom. The van der Waals surface area contributed by atoms with Crippen molar-refractivity contribution in [2.75, 3.05) is 7.05 Å². The van der Waals surface area contributed by atoms with Gasteiger partial charge in [0.25, 0.3) is 0 Å². The van der Waals surface area contributed by atoms with E-state index in [1.165, 1.54) is 12.1 Å². The van der Waals surface area contributed by atoms with Crippen LogP contribution in [-0.4, -0.2) is 11.9 Å². The van der Waals surface area contributed by atoms with Crippen molar-refractivity contribution in [2.24, 2.45) is 0 Å². The number of hydrogen-bond acceptors (Lipinski definition) is 2. The molecule has 2 aromatic rings. The Morgan fingerprint density at radius 2 is 1.74 bits per heavy atom. The summed E-state index contributed by atoms with van der Waals surface area (Å²) in [6.45, 7) is 1.50.